The highest BCUT2D eigenvalue weighted by Crippen LogP contribution is 2.13. The zero-order valence-electron chi connectivity index (χ0n) is 11.7. The quantitative estimate of drug-likeness (QED) is 0.766. The molecule has 6 heteroatoms. The van der Waals surface area contributed by atoms with Crippen LogP contribution in [0.5, 0.6) is 0 Å². The highest BCUT2D eigenvalue weighted by Gasteiger charge is 2.26. The molecule has 19 heavy (non-hydrogen) atoms. The van der Waals surface area contributed by atoms with E-state index < -0.39 is 5.41 Å². The van der Waals surface area contributed by atoms with Crippen molar-refractivity contribution in [3.8, 4) is 0 Å². The van der Waals surface area contributed by atoms with Gasteiger partial charge in [-0.25, -0.2) is 9.78 Å². The van der Waals surface area contributed by atoms with Crippen LogP contribution in [-0.4, -0.2) is 30.5 Å². The lowest BCUT2D eigenvalue weighted by atomic mass is 9.92. The fraction of sp³-hybridized carbons (Fsp3) is 0.462. The topological polar surface area (TPSA) is 83.1 Å². The first-order valence-electron chi connectivity index (χ1n) is 6.05. The highest BCUT2D eigenvalue weighted by atomic mass is 16.2. The number of carbonyl (C=O) groups excluding carboxylic acids is 2. The molecule has 3 N–H and O–H groups in total. The number of urea groups is 1. The average molecular weight is 264 g/mol. The summed E-state index contributed by atoms with van der Waals surface area (Å²) in [6, 6.07) is 3.23. The maximum atomic E-state index is 11.7. The molecule has 0 fully saturated rings. The molecule has 1 aromatic heterocycles. The van der Waals surface area contributed by atoms with Gasteiger partial charge in [0.05, 0.1) is 5.41 Å². The summed E-state index contributed by atoms with van der Waals surface area (Å²) in [6.45, 7) is 5.68. The molecule has 1 rings (SSSR count). The lowest BCUT2D eigenvalue weighted by Crippen LogP contribution is -2.44. The molecule has 6 nitrogen and oxygen atoms in total. The van der Waals surface area contributed by atoms with Gasteiger partial charge in [-0.05, 0) is 38.5 Å². The van der Waals surface area contributed by atoms with E-state index in [1.807, 2.05) is 13.0 Å². The van der Waals surface area contributed by atoms with E-state index in [0.29, 0.717) is 5.82 Å². The van der Waals surface area contributed by atoms with Crippen LogP contribution in [0.3, 0.4) is 0 Å². The zero-order valence-corrected chi connectivity index (χ0v) is 11.7. The Morgan fingerprint density at radius 1 is 1.37 bits per heavy atom. The van der Waals surface area contributed by atoms with Crippen molar-refractivity contribution >= 4 is 17.8 Å². The molecule has 0 aromatic carbocycles. The molecule has 0 bridgehead atoms. The van der Waals surface area contributed by atoms with Crippen molar-refractivity contribution in [1.82, 2.24) is 15.6 Å². The number of hydrogen-bond donors (Lipinski definition) is 3. The summed E-state index contributed by atoms with van der Waals surface area (Å²) in [7, 11) is 1.57. The van der Waals surface area contributed by atoms with Crippen molar-refractivity contribution in [2.45, 2.75) is 20.8 Å². The van der Waals surface area contributed by atoms with Crippen molar-refractivity contribution in [2.24, 2.45) is 5.41 Å². The Kier molecular flexibility index (Phi) is 4.86. The standard InChI is InChI=1S/C13H20N4O2/c1-9-5-6-15-10(7-9)17-12(19)16-8-13(2,3)11(18)14-4/h5-7H,8H2,1-4H3,(H,14,18)(H2,15,16,17,19). The molecule has 0 aliphatic carbocycles. The van der Waals surface area contributed by atoms with E-state index in [-0.39, 0.29) is 18.5 Å². The SMILES string of the molecule is CNC(=O)C(C)(C)CNC(=O)Nc1cc(C)ccn1. The Labute approximate surface area is 113 Å². The second kappa shape index (κ2) is 6.17. The second-order valence-corrected chi connectivity index (χ2v) is 4.99. The largest absolute Gasteiger partial charge is 0.359 e. The summed E-state index contributed by atoms with van der Waals surface area (Å²) in [5, 5.41) is 7.84. The van der Waals surface area contributed by atoms with Gasteiger partial charge in [0.1, 0.15) is 5.82 Å². The lowest BCUT2D eigenvalue weighted by molar-refractivity contribution is -0.128. The van der Waals surface area contributed by atoms with Gasteiger partial charge in [-0.1, -0.05) is 0 Å². The van der Waals surface area contributed by atoms with E-state index >= 15 is 0 Å². The number of rotatable bonds is 4. The fourth-order valence-electron chi connectivity index (χ4n) is 1.48. The number of anilines is 1. The van der Waals surface area contributed by atoms with Gasteiger partial charge in [0.15, 0.2) is 0 Å². The minimum absolute atomic E-state index is 0.124. The van der Waals surface area contributed by atoms with Gasteiger partial charge in [0, 0.05) is 19.8 Å². The number of carbonyl (C=O) groups is 2. The zero-order chi connectivity index (χ0) is 14.5. The van der Waals surface area contributed by atoms with Gasteiger partial charge in [-0.2, -0.15) is 0 Å². The summed E-state index contributed by atoms with van der Waals surface area (Å²) in [5.74, 6) is 0.358. The van der Waals surface area contributed by atoms with E-state index in [0.717, 1.165) is 5.56 Å². The number of aromatic nitrogens is 1. The monoisotopic (exact) mass is 264 g/mol. The van der Waals surface area contributed by atoms with Crippen LogP contribution in [0.2, 0.25) is 0 Å². The lowest BCUT2D eigenvalue weighted by Gasteiger charge is -2.22. The summed E-state index contributed by atoms with van der Waals surface area (Å²) in [6.07, 6.45) is 1.62. The molecule has 0 atom stereocenters. The number of hydrogen-bond acceptors (Lipinski definition) is 3. The maximum Gasteiger partial charge on any atom is 0.320 e. The molecule has 0 saturated heterocycles. The minimum Gasteiger partial charge on any atom is -0.359 e. The normalized spacial score (nSPS) is 10.7. The van der Waals surface area contributed by atoms with Crippen LogP contribution in [0.4, 0.5) is 10.6 Å². The van der Waals surface area contributed by atoms with Gasteiger partial charge < -0.3 is 10.6 Å². The molecule has 1 heterocycles. The summed E-state index contributed by atoms with van der Waals surface area (Å²) in [4.78, 5) is 27.3. The van der Waals surface area contributed by atoms with E-state index in [1.54, 1.807) is 33.2 Å². The third kappa shape index (κ3) is 4.57. The van der Waals surface area contributed by atoms with Crippen LogP contribution in [-0.2, 0) is 4.79 Å². The third-order valence-corrected chi connectivity index (χ3v) is 2.69. The van der Waals surface area contributed by atoms with Crippen LogP contribution in [0.15, 0.2) is 18.3 Å². The van der Waals surface area contributed by atoms with E-state index in [9.17, 15) is 9.59 Å². The van der Waals surface area contributed by atoms with Gasteiger partial charge in [0.25, 0.3) is 0 Å². The van der Waals surface area contributed by atoms with Crippen molar-refractivity contribution in [3.63, 3.8) is 0 Å². The van der Waals surface area contributed by atoms with Crippen molar-refractivity contribution < 1.29 is 9.59 Å². The molecule has 0 aliphatic heterocycles. The molecule has 1 aromatic rings. The molecule has 104 valence electrons. The van der Waals surface area contributed by atoms with Gasteiger partial charge in [-0.15, -0.1) is 0 Å². The van der Waals surface area contributed by atoms with E-state index in [2.05, 4.69) is 20.9 Å². The first kappa shape index (κ1) is 14.9. The first-order chi connectivity index (χ1) is 8.85. The highest BCUT2D eigenvalue weighted by molar-refractivity contribution is 5.89. The second-order valence-electron chi connectivity index (χ2n) is 4.99. The summed E-state index contributed by atoms with van der Waals surface area (Å²) in [5.41, 5.74) is 0.350. The Hall–Kier alpha value is -2.11. The molecule has 0 spiro atoms. The van der Waals surface area contributed by atoms with E-state index in [4.69, 9.17) is 0 Å². The minimum atomic E-state index is -0.661. The predicted molar refractivity (Wildman–Crippen MR) is 73.8 cm³/mol. The van der Waals surface area contributed by atoms with Crippen LogP contribution in [0.1, 0.15) is 19.4 Å². The van der Waals surface area contributed by atoms with Crippen LogP contribution >= 0.6 is 0 Å². The van der Waals surface area contributed by atoms with Crippen molar-refractivity contribution in [1.29, 1.82) is 0 Å². The molecule has 0 saturated carbocycles. The maximum absolute atomic E-state index is 11.7. The van der Waals surface area contributed by atoms with E-state index in [1.165, 1.54) is 0 Å². The molecular weight excluding hydrogens is 244 g/mol. The molecule has 0 radical (unpaired) electrons. The Morgan fingerprint density at radius 3 is 2.63 bits per heavy atom. The number of aryl methyl sites for hydroxylation is 1. The van der Waals surface area contributed by atoms with Crippen molar-refractivity contribution in [2.75, 3.05) is 18.9 Å². The van der Waals surface area contributed by atoms with Gasteiger partial charge in [0.2, 0.25) is 5.91 Å². The summed E-state index contributed by atoms with van der Waals surface area (Å²) >= 11 is 0. The Morgan fingerprint density at radius 2 is 2.05 bits per heavy atom. The smallest absolute Gasteiger partial charge is 0.320 e. The van der Waals surface area contributed by atoms with Crippen LogP contribution < -0.4 is 16.0 Å². The third-order valence-electron chi connectivity index (χ3n) is 2.69. The number of pyridine rings is 1. The number of amides is 3. The van der Waals surface area contributed by atoms with Gasteiger partial charge in [-0.3, -0.25) is 10.1 Å². The fourth-order valence-corrected chi connectivity index (χ4v) is 1.48. The Balaban J connectivity index is 2.51. The number of nitrogens with one attached hydrogen (secondary N) is 3. The molecular formula is C13H20N4O2. The first-order valence-corrected chi connectivity index (χ1v) is 6.05. The molecule has 0 aliphatic rings. The number of nitrogens with zero attached hydrogens (tertiary/aromatic N) is 1. The van der Waals surface area contributed by atoms with Crippen LogP contribution in [0, 0.1) is 12.3 Å². The van der Waals surface area contributed by atoms with Crippen molar-refractivity contribution in [3.05, 3.63) is 23.9 Å². The molecule has 0 unspecified atom stereocenters. The summed E-state index contributed by atoms with van der Waals surface area (Å²) < 4.78 is 0. The average Bonchev–Trinajstić information content (AvgIpc) is 2.35. The molecule has 3 amide bonds. The predicted octanol–water partition coefficient (Wildman–Crippen LogP) is 1.28. The van der Waals surface area contributed by atoms with Gasteiger partial charge >= 0.3 is 6.03 Å². The van der Waals surface area contributed by atoms with Crippen LogP contribution in [0.25, 0.3) is 0 Å². The Bertz CT molecular complexity index is 471.